The Morgan fingerprint density at radius 2 is 2.12 bits per heavy atom. The Bertz CT molecular complexity index is 663. The van der Waals surface area contributed by atoms with Crippen LogP contribution < -0.4 is 15.4 Å². The van der Waals surface area contributed by atoms with E-state index in [-0.39, 0.29) is 5.75 Å². The fourth-order valence-electron chi connectivity index (χ4n) is 2.19. The van der Waals surface area contributed by atoms with E-state index in [0.717, 1.165) is 17.7 Å². The summed E-state index contributed by atoms with van der Waals surface area (Å²) in [7, 11) is 1.67. The minimum atomic E-state index is -2.83. The maximum Gasteiger partial charge on any atom is 0.387 e. The van der Waals surface area contributed by atoms with Crippen LogP contribution in [0.4, 0.5) is 8.78 Å². The van der Waals surface area contributed by atoms with Gasteiger partial charge in [-0.2, -0.15) is 8.78 Å². The molecule has 0 aliphatic carbocycles. The van der Waals surface area contributed by atoms with Crippen LogP contribution in [-0.2, 0) is 17.9 Å². The van der Waals surface area contributed by atoms with Crippen LogP contribution in [0.2, 0.25) is 0 Å². The number of benzene rings is 1. The van der Waals surface area contributed by atoms with Crippen LogP contribution in [0.25, 0.3) is 0 Å². The highest BCUT2D eigenvalue weighted by Crippen LogP contribution is 2.15. The number of rotatable bonds is 10. The molecule has 2 aromatic rings. The van der Waals surface area contributed by atoms with E-state index in [1.54, 1.807) is 25.4 Å². The molecule has 1 aromatic heterocycles. The largest absolute Gasteiger partial charge is 0.467 e. The SMILES string of the molecule is CN=C(NCCCOCc1ccco1)NCc1cccc(OC(F)F)c1. The molecule has 8 heteroatoms. The van der Waals surface area contributed by atoms with Crippen molar-refractivity contribution in [1.82, 2.24) is 10.6 Å². The zero-order valence-corrected chi connectivity index (χ0v) is 14.6. The highest BCUT2D eigenvalue weighted by molar-refractivity contribution is 5.79. The molecule has 0 aliphatic rings. The average molecular weight is 367 g/mol. The van der Waals surface area contributed by atoms with Crippen LogP contribution in [0.15, 0.2) is 52.1 Å². The van der Waals surface area contributed by atoms with Gasteiger partial charge in [0.2, 0.25) is 0 Å². The summed E-state index contributed by atoms with van der Waals surface area (Å²) >= 11 is 0. The second-order valence-corrected chi connectivity index (χ2v) is 5.36. The summed E-state index contributed by atoms with van der Waals surface area (Å²) in [5.74, 6) is 1.56. The molecule has 0 saturated heterocycles. The second-order valence-electron chi connectivity index (χ2n) is 5.36. The molecule has 6 nitrogen and oxygen atoms in total. The van der Waals surface area contributed by atoms with Crippen molar-refractivity contribution in [2.75, 3.05) is 20.2 Å². The molecule has 1 heterocycles. The Hall–Kier alpha value is -2.61. The molecule has 1 aromatic carbocycles. The van der Waals surface area contributed by atoms with Gasteiger partial charge in [-0.1, -0.05) is 12.1 Å². The zero-order valence-electron chi connectivity index (χ0n) is 14.6. The summed E-state index contributed by atoms with van der Waals surface area (Å²) in [6, 6.07) is 10.2. The van der Waals surface area contributed by atoms with Gasteiger partial charge in [-0.15, -0.1) is 0 Å². The number of nitrogens with one attached hydrogen (secondary N) is 2. The monoisotopic (exact) mass is 367 g/mol. The summed E-state index contributed by atoms with van der Waals surface area (Å²) in [5, 5.41) is 6.28. The first-order chi connectivity index (χ1) is 12.7. The lowest BCUT2D eigenvalue weighted by Crippen LogP contribution is -2.37. The molecule has 0 spiro atoms. The van der Waals surface area contributed by atoms with Gasteiger partial charge in [0, 0.05) is 26.7 Å². The first kappa shape index (κ1) is 19.7. The van der Waals surface area contributed by atoms with Crippen molar-refractivity contribution in [2.45, 2.75) is 26.2 Å². The van der Waals surface area contributed by atoms with Crippen molar-refractivity contribution in [3.63, 3.8) is 0 Å². The molecule has 2 rings (SSSR count). The molecule has 0 unspecified atom stereocenters. The zero-order chi connectivity index (χ0) is 18.6. The molecule has 0 aliphatic heterocycles. The van der Waals surface area contributed by atoms with Crippen molar-refractivity contribution >= 4 is 5.96 Å². The number of halogens is 2. The van der Waals surface area contributed by atoms with Gasteiger partial charge < -0.3 is 24.5 Å². The quantitative estimate of drug-likeness (QED) is 0.384. The van der Waals surface area contributed by atoms with Gasteiger partial charge in [0.1, 0.15) is 18.1 Å². The minimum absolute atomic E-state index is 0.135. The molecule has 0 atom stereocenters. The molecule has 0 fully saturated rings. The molecule has 26 heavy (non-hydrogen) atoms. The highest BCUT2D eigenvalue weighted by atomic mass is 19.3. The molecule has 142 valence electrons. The Labute approximate surface area is 151 Å². The van der Waals surface area contributed by atoms with Crippen LogP contribution in [0, 0.1) is 0 Å². The van der Waals surface area contributed by atoms with Crippen molar-refractivity contribution < 1.29 is 22.7 Å². The Morgan fingerprint density at radius 1 is 1.23 bits per heavy atom. The number of alkyl halides is 2. The number of aliphatic imine (C=N–C) groups is 1. The number of guanidine groups is 1. The van der Waals surface area contributed by atoms with E-state index in [1.807, 2.05) is 18.2 Å². The van der Waals surface area contributed by atoms with Crippen LogP contribution in [0.5, 0.6) is 5.75 Å². The predicted molar refractivity (Wildman–Crippen MR) is 94.3 cm³/mol. The summed E-state index contributed by atoms with van der Waals surface area (Å²) in [6.07, 6.45) is 2.42. The van der Waals surface area contributed by atoms with Gasteiger partial charge in [0.05, 0.1) is 6.26 Å². The van der Waals surface area contributed by atoms with Crippen LogP contribution >= 0.6 is 0 Å². The summed E-state index contributed by atoms with van der Waals surface area (Å²) < 4.78 is 39.6. The van der Waals surface area contributed by atoms with Crippen LogP contribution in [0.3, 0.4) is 0 Å². The number of furan rings is 1. The van der Waals surface area contributed by atoms with Gasteiger partial charge in [-0.3, -0.25) is 4.99 Å². The maximum atomic E-state index is 12.2. The number of hydrogen-bond donors (Lipinski definition) is 2. The fraction of sp³-hybridized carbons (Fsp3) is 0.389. The van der Waals surface area contributed by atoms with Gasteiger partial charge in [-0.05, 0) is 36.2 Å². The van der Waals surface area contributed by atoms with E-state index in [9.17, 15) is 8.78 Å². The molecule has 0 radical (unpaired) electrons. The molecule has 0 amide bonds. The fourth-order valence-corrected chi connectivity index (χ4v) is 2.19. The topological polar surface area (TPSA) is 68.0 Å². The van der Waals surface area contributed by atoms with Gasteiger partial charge in [-0.25, -0.2) is 0 Å². The molecule has 0 saturated carbocycles. The maximum absolute atomic E-state index is 12.2. The van der Waals surface area contributed by atoms with E-state index in [0.29, 0.717) is 32.3 Å². The normalized spacial score (nSPS) is 11.6. The third kappa shape index (κ3) is 7.52. The standard InChI is InChI=1S/C18H23F2N3O3/c1-21-18(22-8-4-9-24-13-16-7-3-10-25-16)23-12-14-5-2-6-15(11-14)26-17(19)20/h2-3,5-7,10-11,17H,4,8-9,12-13H2,1H3,(H2,21,22,23). The number of hydrogen-bond acceptors (Lipinski definition) is 4. The highest BCUT2D eigenvalue weighted by Gasteiger charge is 2.05. The first-order valence-electron chi connectivity index (χ1n) is 8.26. The average Bonchev–Trinajstić information content (AvgIpc) is 3.13. The summed E-state index contributed by atoms with van der Waals surface area (Å²) in [6.45, 7) is -0.654. The molecular formula is C18H23F2N3O3. The number of ether oxygens (including phenoxy) is 2. The van der Waals surface area contributed by atoms with Crippen molar-refractivity contribution in [3.05, 3.63) is 54.0 Å². The van der Waals surface area contributed by atoms with E-state index >= 15 is 0 Å². The van der Waals surface area contributed by atoms with Crippen molar-refractivity contribution in [2.24, 2.45) is 4.99 Å². The Kier molecular flexibility index (Phi) is 8.41. The predicted octanol–water partition coefficient (Wildman–Crippen LogP) is 3.15. The van der Waals surface area contributed by atoms with Crippen LogP contribution in [0.1, 0.15) is 17.7 Å². The third-order valence-electron chi connectivity index (χ3n) is 3.39. The molecule has 2 N–H and O–H groups in total. The van der Waals surface area contributed by atoms with Gasteiger partial charge >= 0.3 is 6.61 Å². The second kappa shape index (κ2) is 11.1. The minimum Gasteiger partial charge on any atom is -0.467 e. The van der Waals surface area contributed by atoms with E-state index in [2.05, 4.69) is 20.4 Å². The number of nitrogens with zero attached hydrogens (tertiary/aromatic N) is 1. The lowest BCUT2D eigenvalue weighted by Gasteiger charge is -2.12. The van der Waals surface area contributed by atoms with E-state index in [1.165, 1.54) is 6.07 Å². The third-order valence-corrected chi connectivity index (χ3v) is 3.39. The Balaban J connectivity index is 1.63. The van der Waals surface area contributed by atoms with Crippen molar-refractivity contribution in [1.29, 1.82) is 0 Å². The molecule has 0 bridgehead atoms. The molecular weight excluding hydrogens is 344 g/mol. The van der Waals surface area contributed by atoms with Gasteiger partial charge in [0.15, 0.2) is 5.96 Å². The lowest BCUT2D eigenvalue weighted by atomic mass is 10.2. The van der Waals surface area contributed by atoms with Crippen LogP contribution in [-0.4, -0.2) is 32.8 Å². The van der Waals surface area contributed by atoms with E-state index in [4.69, 9.17) is 9.15 Å². The summed E-state index contributed by atoms with van der Waals surface area (Å²) in [4.78, 5) is 4.12. The Morgan fingerprint density at radius 3 is 2.85 bits per heavy atom. The van der Waals surface area contributed by atoms with E-state index < -0.39 is 6.61 Å². The lowest BCUT2D eigenvalue weighted by molar-refractivity contribution is -0.0498. The first-order valence-corrected chi connectivity index (χ1v) is 8.26. The summed E-state index contributed by atoms with van der Waals surface area (Å²) in [5.41, 5.74) is 0.813. The van der Waals surface area contributed by atoms with Crippen molar-refractivity contribution in [3.8, 4) is 5.75 Å². The smallest absolute Gasteiger partial charge is 0.387 e. The van der Waals surface area contributed by atoms with Gasteiger partial charge in [0.25, 0.3) is 0 Å².